The van der Waals surface area contributed by atoms with Crippen LogP contribution in [-0.4, -0.2) is 28.2 Å². The zero-order valence-electron chi connectivity index (χ0n) is 12.4. The molecule has 2 aliphatic rings. The van der Waals surface area contributed by atoms with Crippen LogP contribution in [0, 0.1) is 0 Å². The topological polar surface area (TPSA) is 43.7 Å². The van der Waals surface area contributed by atoms with E-state index in [4.69, 9.17) is 0 Å². The van der Waals surface area contributed by atoms with E-state index in [2.05, 4.69) is 23.6 Å². The van der Waals surface area contributed by atoms with Crippen molar-refractivity contribution >= 4 is 0 Å². The fourth-order valence-corrected chi connectivity index (χ4v) is 3.96. The van der Waals surface area contributed by atoms with E-state index in [1.54, 1.807) is 6.07 Å². The first kappa shape index (κ1) is 13.4. The van der Waals surface area contributed by atoms with Gasteiger partial charge in [0.25, 0.3) is 0 Å². The van der Waals surface area contributed by atoms with Crippen molar-refractivity contribution in [2.45, 2.75) is 18.9 Å². The summed E-state index contributed by atoms with van der Waals surface area (Å²) >= 11 is 0. The van der Waals surface area contributed by atoms with Gasteiger partial charge in [0.2, 0.25) is 0 Å². The highest BCUT2D eigenvalue weighted by Gasteiger charge is 2.35. The maximum atomic E-state index is 10.3. The second-order valence-electron chi connectivity index (χ2n) is 6.10. The molecule has 22 heavy (non-hydrogen) atoms. The highest BCUT2D eigenvalue weighted by Crippen LogP contribution is 2.50. The van der Waals surface area contributed by atoms with Crippen LogP contribution in [0.2, 0.25) is 0 Å². The van der Waals surface area contributed by atoms with Gasteiger partial charge in [-0.2, -0.15) is 0 Å². The van der Waals surface area contributed by atoms with E-state index < -0.39 is 0 Å². The van der Waals surface area contributed by atoms with Crippen LogP contribution in [0.1, 0.15) is 22.7 Å². The Balaban J connectivity index is 1.96. The Morgan fingerprint density at radius 3 is 2.86 bits per heavy atom. The molecule has 0 saturated carbocycles. The van der Waals surface area contributed by atoms with E-state index in [0.29, 0.717) is 6.04 Å². The van der Waals surface area contributed by atoms with Gasteiger partial charge in [-0.1, -0.05) is 30.3 Å². The average molecular weight is 293 g/mol. The third-order valence-corrected chi connectivity index (χ3v) is 4.93. The van der Waals surface area contributed by atoms with Crippen molar-refractivity contribution in [2.24, 2.45) is 0 Å². The average Bonchev–Trinajstić information content (AvgIpc) is 2.53. The van der Waals surface area contributed by atoms with Gasteiger partial charge < -0.3 is 10.2 Å². The molecule has 0 saturated heterocycles. The van der Waals surface area contributed by atoms with Gasteiger partial charge in [-0.3, -0.25) is 4.90 Å². The van der Waals surface area contributed by atoms with Crippen LogP contribution < -0.4 is 0 Å². The molecule has 0 unspecified atom stereocenters. The first-order valence-corrected chi connectivity index (χ1v) is 7.71. The first-order valence-electron chi connectivity index (χ1n) is 7.71. The van der Waals surface area contributed by atoms with E-state index in [1.165, 1.54) is 11.1 Å². The SMILES string of the molecule is C=CCN1CCc2cccc3c2[C@@H]1Cc1ccc(O)c(O)c1-3. The minimum absolute atomic E-state index is 0.00481. The van der Waals surface area contributed by atoms with Gasteiger partial charge in [-0.05, 0) is 41.2 Å². The summed E-state index contributed by atoms with van der Waals surface area (Å²) in [5, 5.41) is 20.2. The van der Waals surface area contributed by atoms with Gasteiger partial charge >= 0.3 is 0 Å². The molecule has 0 fully saturated rings. The number of benzene rings is 2. The third-order valence-electron chi connectivity index (χ3n) is 4.93. The molecule has 0 bridgehead atoms. The molecule has 0 amide bonds. The summed E-state index contributed by atoms with van der Waals surface area (Å²) in [5.74, 6) is -0.0428. The number of aromatic hydroxyl groups is 2. The summed E-state index contributed by atoms with van der Waals surface area (Å²) in [6.07, 6.45) is 3.83. The fourth-order valence-electron chi connectivity index (χ4n) is 3.96. The van der Waals surface area contributed by atoms with Gasteiger partial charge in [0.05, 0.1) is 0 Å². The summed E-state index contributed by atoms with van der Waals surface area (Å²) in [6.45, 7) is 5.78. The maximum absolute atomic E-state index is 10.3. The molecule has 112 valence electrons. The van der Waals surface area contributed by atoms with Crippen LogP contribution >= 0.6 is 0 Å². The van der Waals surface area contributed by atoms with E-state index >= 15 is 0 Å². The zero-order chi connectivity index (χ0) is 15.3. The molecule has 2 N–H and O–H groups in total. The summed E-state index contributed by atoms with van der Waals surface area (Å²) in [5.41, 5.74) is 5.63. The minimum Gasteiger partial charge on any atom is -0.504 e. The normalized spacial score (nSPS) is 19.4. The van der Waals surface area contributed by atoms with Crippen molar-refractivity contribution in [3.05, 3.63) is 59.7 Å². The number of rotatable bonds is 2. The monoisotopic (exact) mass is 293 g/mol. The van der Waals surface area contributed by atoms with Crippen molar-refractivity contribution < 1.29 is 10.2 Å². The molecule has 1 atom stereocenters. The van der Waals surface area contributed by atoms with Crippen molar-refractivity contribution in [1.82, 2.24) is 4.90 Å². The standard InChI is InChI=1S/C19H19NO2/c1-2-9-20-10-8-12-4-3-5-14-17(12)15(20)11-13-6-7-16(21)19(22)18(13)14/h2-7,15,21-22H,1,8-11H2/t15-/m0/s1. The Bertz CT molecular complexity index is 766. The van der Waals surface area contributed by atoms with E-state index in [9.17, 15) is 10.2 Å². The molecule has 2 aromatic rings. The molecule has 1 aliphatic carbocycles. The molecule has 3 heteroatoms. The van der Waals surface area contributed by atoms with Crippen LogP contribution in [0.15, 0.2) is 43.0 Å². The molecule has 1 heterocycles. The second kappa shape index (κ2) is 4.89. The molecular weight excluding hydrogens is 274 g/mol. The summed E-state index contributed by atoms with van der Waals surface area (Å²) < 4.78 is 0. The lowest BCUT2D eigenvalue weighted by molar-refractivity contribution is 0.203. The van der Waals surface area contributed by atoms with Crippen molar-refractivity contribution in [3.63, 3.8) is 0 Å². The summed E-state index contributed by atoms with van der Waals surface area (Å²) in [4.78, 5) is 2.45. The fraction of sp³-hybridized carbons (Fsp3) is 0.263. The van der Waals surface area contributed by atoms with E-state index in [0.717, 1.165) is 42.6 Å². The van der Waals surface area contributed by atoms with E-state index in [1.807, 2.05) is 18.2 Å². The van der Waals surface area contributed by atoms with Crippen LogP contribution in [0.5, 0.6) is 11.5 Å². The molecule has 3 nitrogen and oxygen atoms in total. The highest BCUT2D eigenvalue weighted by molar-refractivity contribution is 5.82. The van der Waals surface area contributed by atoms with Crippen molar-refractivity contribution in [2.75, 3.05) is 13.1 Å². The summed E-state index contributed by atoms with van der Waals surface area (Å²) in [7, 11) is 0. The zero-order valence-corrected chi connectivity index (χ0v) is 12.4. The smallest absolute Gasteiger partial charge is 0.165 e. The number of hydrogen-bond acceptors (Lipinski definition) is 3. The van der Waals surface area contributed by atoms with Crippen molar-refractivity contribution in [3.8, 4) is 22.6 Å². The van der Waals surface area contributed by atoms with Crippen LogP contribution in [0.3, 0.4) is 0 Å². The Kier molecular flexibility index (Phi) is 2.98. The van der Waals surface area contributed by atoms with Gasteiger partial charge in [0, 0.05) is 24.7 Å². The quantitative estimate of drug-likeness (QED) is 0.659. The molecular formula is C19H19NO2. The molecule has 0 aromatic heterocycles. The molecule has 4 rings (SSSR count). The van der Waals surface area contributed by atoms with Crippen LogP contribution in [0.4, 0.5) is 0 Å². The number of nitrogens with zero attached hydrogens (tertiary/aromatic N) is 1. The largest absolute Gasteiger partial charge is 0.504 e. The number of phenols is 2. The number of hydrogen-bond donors (Lipinski definition) is 2. The van der Waals surface area contributed by atoms with Gasteiger partial charge in [-0.15, -0.1) is 6.58 Å². The first-order chi connectivity index (χ1) is 10.7. The Labute approximate surface area is 130 Å². The predicted octanol–water partition coefficient (Wildman–Crippen LogP) is 3.41. The lowest BCUT2D eigenvalue weighted by Gasteiger charge is -2.41. The van der Waals surface area contributed by atoms with Crippen molar-refractivity contribution in [1.29, 1.82) is 0 Å². The molecule has 0 spiro atoms. The summed E-state index contributed by atoms with van der Waals surface area (Å²) in [6, 6.07) is 10.1. The second-order valence-corrected chi connectivity index (χ2v) is 6.10. The maximum Gasteiger partial charge on any atom is 0.165 e. The van der Waals surface area contributed by atoms with Gasteiger partial charge in [0.15, 0.2) is 11.5 Å². The molecule has 0 radical (unpaired) electrons. The Hall–Kier alpha value is -2.26. The predicted molar refractivity (Wildman–Crippen MR) is 87.1 cm³/mol. The number of phenolic OH excluding ortho intramolecular Hbond substituents is 2. The lowest BCUT2D eigenvalue weighted by atomic mass is 9.76. The molecule has 2 aromatic carbocycles. The third kappa shape index (κ3) is 1.79. The van der Waals surface area contributed by atoms with Crippen LogP contribution in [-0.2, 0) is 12.8 Å². The van der Waals surface area contributed by atoms with Crippen LogP contribution in [0.25, 0.3) is 11.1 Å². The van der Waals surface area contributed by atoms with Gasteiger partial charge in [0.1, 0.15) is 0 Å². The number of fused-ring (bicyclic) bond motifs is 2. The Morgan fingerprint density at radius 1 is 1.18 bits per heavy atom. The molecule has 1 aliphatic heterocycles. The lowest BCUT2D eigenvalue weighted by Crippen LogP contribution is -2.38. The minimum atomic E-state index is -0.0476. The highest BCUT2D eigenvalue weighted by atomic mass is 16.3. The van der Waals surface area contributed by atoms with E-state index in [-0.39, 0.29) is 11.5 Å². The van der Waals surface area contributed by atoms with Gasteiger partial charge in [-0.25, -0.2) is 0 Å². The Morgan fingerprint density at radius 2 is 2.05 bits per heavy atom.